The lowest BCUT2D eigenvalue weighted by molar-refractivity contribution is -0.134. The van der Waals surface area contributed by atoms with Crippen molar-refractivity contribution in [3.8, 4) is 11.1 Å². The quantitative estimate of drug-likeness (QED) is 0.327. The molecule has 1 aliphatic heterocycles. The second-order valence-corrected chi connectivity index (χ2v) is 9.25. The molecule has 1 N–H and O–H groups in total. The molecular formula is C30H24F3N3O2. The van der Waals surface area contributed by atoms with E-state index in [0.717, 1.165) is 28.8 Å². The highest BCUT2D eigenvalue weighted by atomic mass is 19.2. The third kappa shape index (κ3) is 5.59. The molecule has 8 heteroatoms. The van der Waals surface area contributed by atoms with Gasteiger partial charge < -0.3 is 10.2 Å². The number of likely N-dealkylation sites (tertiary alicyclic amines) is 1. The highest BCUT2D eigenvalue weighted by Gasteiger charge is 2.29. The Bertz CT molecular complexity index is 1460. The van der Waals surface area contributed by atoms with E-state index in [1.54, 1.807) is 17.0 Å². The van der Waals surface area contributed by atoms with E-state index >= 15 is 0 Å². The normalized spacial score (nSPS) is 15.4. The number of hydrogen-bond donors (Lipinski definition) is 1. The summed E-state index contributed by atoms with van der Waals surface area (Å²) in [6.45, 7) is 0.846. The first-order valence-electron chi connectivity index (χ1n) is 12.2. The molecule has 0 spiro atoms. The van der Waals surface area contributed by atoms with Gasteiger partial charge in [-0.25, -0.2) is 13.2 Å². The van der Waals surface area contributed by atoms with Crippen molar-refractivity contribution in [2.24, 2.45) is 0 Å². The number of piperidine rings is 1. The standard InChI is InChI=1S/C30H24F3N3O2/c31-24-7-5-21(6-8-24)20-3-1-19(2-4-20)18-36-14-11-23(15-29(36)37)25-16-26(32)27(33)17-28(25)35-30(38)22-9-12-34-13-10-22/h1-10,12-13,16-17,23H,11,14-15,18H2,(H,35,38). The number of hydrogen-bond acceptors (Lipinski definition) is 3. The maximum atomic E-state index is 14.2. The highest BCUT2D eigenvalue weighted by Crippen LogP contribution is 2.35. The van der Waals surface area contributed by atoms with Crippen LogP contribution in [0.25, 0.3) is 11.1 Å². The molecule has 0 saturated carbocycles. The smallest absolute Gasteiger partial charge is 0.255 e. The Hall–Kier alpha value is -4.46. The van der Waals surface area contributed by atoms with Crippen LogP contribution in [0.1, 0.15) is 40.2 Å². The van der Waals surface area contributed by atoms with E-state index in [0.29, 0.717) is 30.6 Å². The molecule has 1 aliphatic rings. The van der Waals surface area contributed by atoms with Gasteiger partial charge >= 0.3 is 0 Å². The van der Waals surface area contributed by atoms with Gasteiger partial charge in [0.2, 0.25) is 5.91 Å². The summed E-state index contributed by atoms with van der Waals surface area (Å²) in [6.07, 6.45) is 3.57. The fourth-order valence-corrected chi connectivity index (χ4v) is 4.68. The zero-order chi connectivity index (χ0) is 26.6. The Kier molecular flexibility index (Phi) is 7.22. The minimum atomic E-state index is -1.08. The van der Waals surface area contributed by atoms with Gasteiger partial charge in [-0.2, -0.15) is 0 Å². The van der Waals surface area contributed by atoms with E-state index < -0.39 is 17.5 Å². The first-order valence-corrected chi connectivity index (χ1v) is 12.2. The molecule has 0 bridgehead atoms. The molecule has 3 aromatic carbocycles. The predicted molar refractivity (Wildman–Crippen MR) is 138 cm³/mol. The number of anilines is 1. The van der Waals surface area contributed by atoms with Gasteiger partial charge in [-0.05, 0) is 64.9 Å². The molecule has 38 heavy (non-hydrogen) atoms. The molecule has 5 nitrogen and oxygen atoms in total. The Morgan fingerprint density at radius 3 is 2.18 bits per heavy atom. The average molecular weight is 516 g/mol. The SMILES string of the molecule is O=C(Nc1cc(F)c(F)cc1C1CCN(Cc2ccc(-c3ccc(F)cc3)cc2)C(=O)C1)c1ccncc1. The molecule has 192 valence electrons. The van der Waals surface area contributed by atoms with Crippen molar-refractivity contribution in [3.05, 3.63) is 119 Å². The Morgan fingerprint density at radius 1 is 0.895 bits per heavy atom. The molecule has 2 heterocycles. The summed E-state index contributed by atoms with van der Waals surface area (Å²) in [5.74, 6) is -3.36. The van der Waals surface area contributed by atoms with Crippen molar-refractivity contribution in [1.82, 2.24) is 9.88 Å². The van der Waals surface area contributed by atoms with Gasteiger partial charge in [0, 0.05) is 49.2 Å². The van der Waals surface area contributed by atoms with Gasteiger partial charge in [0.15, 0.2) is 11.6 Å². The van der Waals surface area contributed by atoms with Crippen molar-refractivity contribution in [2.45, 2.75) is 25.3 Å². The fraction of sp³-hybridized carbons (Fsp3) is 0.167. The molecule has 2 amide bonds. The maximum Gasteiger partial charge on any atom is 0.255 e. The van der Waals surface area contributed by atoms with Crippen molar-refractivity contribution < 1.29 is 22.8 Å². The van der Waals surface area contributed by atoms with Crippen LogP contribution in [0, 0.1) is 17.5 Å². The number of benzene rings is 3. The number of aromatic nitrogens is 1. The molecule has 0 aliphatic carbocycles. The monoisotopic (exact) mass is 515 g/mol. The van der Waals surface area contributed by atoms with Crippen LogP contribution in [-0.4, -0.2) is 28.2 Å². The van der Waals surface area contributed by atoms with Crippen LogP contribution < -0.4 is 5.32 Å². The zero-order valence-electron chi connectivity index (χ0n) is 20.3. The molecular weight excluding hydrogens is 491 g/mol. The first kappa shape index (κ1) is 25.2. The van der Waals surface area contributed by atoms with Gasteiger partial charge in [0.05, 0.1) is 0 Å². The number of carbonyl (C=O) groups excluding carboxylic acids is 2. The third-order valence-corrected chi connectivity index (χ3v) is 6.75. The molecule has 5 rings (SSSR count). The van der Waals surface area contributed by atoms with Crippen molar-refractivity contribution >= 4 is 17.5 Å². The maximum absolute atomic E-state index is 14.2. The Balaban J connectivity index is 1.27. The van der Waals surface area contributed by atoms with Crippen LogP contribution in [0.5, 0.6) is 0 Å². The number of nitrogens with one attached hydrogen (secondary N) is 1. The second-order valence-electron chi connectivity index (χ2n) is 9.25. The first-order chi connectivity index (χ1) is 18.4. The highest BCUT2D eigenvalue weighted by molar-refractivity contribution is 6.04. The minimum absolute atomic E-state index is 0.108. The largest absolute Gasteiger partial charge is 0.338 e. The van der Waals surface area contributed by atoms with Crippen molar-refractivity contribution in [3.63, 3.8) is 0 Å². The summed E-state index contributed by atoms with van der Waals surface area (Å²) >= 11 is 0. The summed E-state index contributed by atoms with van der Waals surface area (Å²) in [5, 5.41) is 2.66. The minimum Gasteiger partial charge on any atom is -0.338 e. The van der Waals surface area contributed by atoms with E-state index in [2.05, 4.69) is 10.3 Å². The molecule has 1 atom stereocenters. The number of amides is 2. The second kappa shape index (κ2) is 10.9. The zero-order valence-corrected chi connectivity index (χ0v) is 20.3. The van der Waals surface area contributed by atoms with E-state index in [1.165, 1.54) is 36.7 Å². The van der Waals surface area contributed by atoms with Crippen LogP contribution in [0.15, 0.2) is 85.2 Å². The van der Waals surface area contributed by atoms with Crippen LogP contribution >= 0.6 is 0 Å². The van der Waals surface area contributed by atoms with Crippen LogP contribution in [0.4, 0.5) is 18.9 Å². The average Bonchev–Trinajstić information content (AvgIpc) is 2.93. The van der Waals surface area contributed by atoms with E-state index in [1.807, 2.05) is 24.3 Å². The van der Waals surface area contributed by atoms with Crippen LogP contribution in [0.2, 0.25) is 0 Å². The Morgan fingerprint density at radius 2 is 1.53 bits per heavy atom. The summed E-state index contributed by atoms with van der Waals surface area (Å²) in [4.78, 5) is 31.3. The lowest BCUT2D eigenvalue weighted by atomic mass is 9.87. The third-order valence-electron chi connectivity index (χ3n) is 6.75. The number of carbonyl (C=O) groups is 2. The molecule has 4 aromatic rings. The summed E-state index contributed by atoms with van der Waals surface area (Å²) in [5.41, 5.74) is 3.65. The van der Waals surface area contributed by atoms with E-state index in [-0.39, 0.29) is 29.8 Å². The lowest BCUT2D eigenvalue weighted by Crippen LogP contribution is -2.37. The summed E-state index contributed by atoms with van der Waals surface area (Å²) < 4.78 is 41.5. The summed E-state index contributed by atoms with van der Waals surface area (Å²) in [6, 6.07) is 19.0. The van der Waals surface area contributed by atoms with Gasteiger partial charge in [-0.15, -0.1) is 0 Å². The van der Waals surface area contributed by atoms with E-state index in [9.17, 15) is 22.8 Å². The summed E-state index contributed by atoms with van der Waals surface area (Å²) in [7, 11) is 0. The van der Waals surface area contributed by atoms with Crippen molar-refractivity contribution in [2.75, 3.05) is 11.9 Å². The number of halogens is 3. The van der Waals surface area contributed by atoms with E-state index in [4.69, 9.17) is 0 Å². The number of nitrogens with zero attached hydrogens (tertiary/aromatic N) is 2. The van der Waals surface area contributed by atoms with Crippen LogP contribution in [0.3, 0.4) is 0 Å². The number of rotatable bonds is 6. The molecule has 1 fully saturated rings. The molecule has 1 aromatic heterocycles. The fourth-order valence-electron chi connectivity index (χ4n) is 4.68. The Labute approximate surface area is 218 Å². The predicted octanol–water partition coefficient (Wildman–Crippen LogP) is 6.32. The lowest BCUT2D eigenvalue weighted by Gasteiger charge is -2.33. The topological polar surface area (TPSA) is 62.3 Å². The van der Waals surface area contributed by atoms with Gasteiger partial charge in [0.25, 0.3) is 5.91 Å². The van der Waals surface area contributed by atoms with Crippen molar-refractivity contribution in [1.29, 1.82) is 0 Å². The van der Waals surface area contributed by atoms with Gasteiger partial charge in [-0.1, -0.05) is 36.4 Å². The van der Waals surface area contributed by atoms with Gasteiger partial charge in [-0.3, -0.25) is 14.6 Å². The molecule has 1 unspecified atom stereocenters. The molecule has 1 saturated heterocycles. The molecule has 0 radical (unpaired) electrons. The van der Waals surface area contributed by atoms with Gasteiger partial charge in [0.1, 0.15) is 5.82 Å². The number of pyridine rings is 1. The van der Waals surface area contributed by atoms with Crippen LogP contribution in [-0.2, 0) is 11.3 Å².